The molecular formula is C13H14N4O2. The van der Waals surface area contributed by atoms with Crippen molar-refractivity contribution in [2.24, 2.45) is 0 Å². The second-order valence-electron chi connectivity index (χ2n) is 4.33. The summed E-state index contributed by atoms with van der Waals surface area (Å²) in [4.78, 5) is 26.5. The predicted molar refractivity (Wildman–Crippen MR) is 69.4 cm³/mol. The van der Waals surface area contributed by atoms with Crippen LogP contribution in [0.2, 0.25) is 0 Å². The number of urea groups is 1. The maximum atomic E-state index is 11.9. The smallest absolute Gasteiger partial charge is 0.320 e. The average molecular weight is 258 g/mol. The van der Waals surface area contributed by atoms with Gasteiger partial charge in [-0.15, -0.1) is 0 Å². The van der Waals surface area contributed by atoms with E-state index in [1.165, 1.54) is 4.90 Å². The molecule has 1 aliphatic heterocycles. The standard InChI is InChI=1S/C13H14N4O2/c1-16-6-7-17(13(16)19)9-12(18)15-11-5-3-2-4-10(11)8-14/h2-5H,6-7,9H2,1H3,(H,15,18). The summed E-state index contributed by atoms with van der Waals surface area (Å²) in [6.45, 7) is 1.17. The molecular weight excluding hydrogens is 244 g/mol. The van der Waals surface area contributed by atoms with Gasteiger partial charge in [0.05, 0.1) is 11.3 Å². The fraction of sp³-hybridized carbons (Fsp3) is 0.308. The number of para-hydroxylation sites is 1. The van der Waals surface area contributed by atoms with Crippen LogP contribution in [0.25, 0.3) is 0 Å². The van der Waals surface area contributed by atoms with E-state index >= 15 is 0 Å². The number of carbonyl (C=O) groups is 2. The number of nitriles is 1. The molecule has 6 heteroatoms. The molecule has 0 aromatic heterocycles. The number of likely N-dealkylation sites (N-methyl/N-ethyl adjacent to an activating group) is 1. The van der Waals surface area contributed by atoms with Crippen molar-refractivity contribution in [3.63, 3.8) is 0 Å². The van der Waals surface area contributed by atoms with Crippen LogP contribution in [-0.2, 0) is 4.79 Å². The first-order valence-electron chi connectivity index (χ1n) is 5.91. The summed E-state index contributed by atoms with van der Waals surface area (Å²) in [5, 5.41) is 11.6. The first kappa shape index (κ1) is 12.9. The Balaban J connectivity index is 1.99. The van der Waals surface area contributed by atoms with E-state index in [1.54, 1.807) is 36.2 Å². The lowest BCUT2D eigenvalue weighted by atomic mass is 10.2. The molecule has 0 aliphatic carbocycles. The molecule has 6 nitrogen and oxygen atoms in total. The van der Waals surface area contributed by atoms with Gasteiger partial charge in [0.25, 0.3) is 0 Å². The lowest BCUT2D eigenvalue weighted by Crippen LogP contribution is -2.36. The summed E-state index contributed by atoms with van der Waals surface area (Å²) >= 11 is 0. The lowest BCUT2D eigenvalue weighted by Gasteiger charge is -2.15. The summed E-state index contributed by atoms with van der Waals surface area (Å²) in [7, 11) is 1.70. The SMILES string of the molecule is CN1CCN(CC(=O)Nc2ccccc2C#N)C1=O. The zero-order valence-corrected chi connectivity index (χ0v) is 10.6. The van der Waals surface area contributed by atoms with Crippen molar-refractivity contribution >= 4 is 17.6 Å². The molecule has 0 spiro atoms. The molecule has 0 bridgehead atoms. The molecule has 1 fully saturated rings. The van der Waals surface area contributed by atoms with E-state index in [4.69, 9.17) is 5.26 Å². The van der Waals surface area contributed by atoms with E-state index < -0.39 is 0 Å². The van der Waals surface area contributed by atoms with E-state index in [0.717, 1.165) is 0 Å². The molecule has 1 aromatic carbocycles. The van der Waals surface area contributed by atoms with E-state index in [2.05, 4.69) is 5.32 Å². The molecule has 1 N–H and O–H groups in total. The van der Waals surface area contributed by atoms with Crippen molar-refractivity contribution in [2.75, 3.05) is 32.0 Å². The third kappa shape index (κ3) is 2.83. The monoisotopic (exact) mass is 258 g/mol. The minimum Gasteiger partial charge on any atom is -0.326 e. The highest BCUT2D eigenvalue weighted by Crippen LogP contribution is 2.14. The average Bonchev–Trinajstić information content (AvgIpc) is 2.71. The van der Waals surface area contributed by atoms with Crippen molar-refractivity contribution < 1.29 is 9.59 Å². The van der Waals surface area contributed by atoms with Crippen LogP contribution in [0.3, 0.4) is 0 Å². The number of hydrogen-bond donors (Lipinski definition) is 1. The fourth-order valence-electron chi connectivity index (χ4n) is 1.90. The highest BCUT2D eigenvalue weighted by molar-refractivity contribution is 5.95. The Morgan fingerprint density at radius 3 is 2.79 bits per heavy atom. The zero-order valence-electron chi connectivity index (χ0n) is 10.6. The molecule has 1 aliphatic rings. The fourth-order valence-corrected chi connectivity index (χ4v) is 1.90. The Kier molecular flexibility index (Phi) is 3.66. The Labute approximate surface area is 111 Å². The largest absolute Gasteiger partial charge is 0.326 e. The molecule has 0 saturated carbocycles. The van der Waals surface area contributed by atoms with Crippen LogP contribution in [0.1, 0.15) is 5.56 Å². The van der Waals surface area contributed by atoms with Crippen LogP contribution in [0.5, 0.6) is 0 Å². The van der Waals surface area contributed by atoms with Crippen LogP contribution >= 0.6 is 0 Å². The lowest BCUT2D eigenvalue weighted by molar-refractivity contribution is -0.116. The number of amides is 3. The highest BCUT2D eigenvalue weighted by Gasteiger charge is 2.26. The number of carbonyl (C=O) groups excluding carboxylic acids is 2. The summed E-state index contributed by atoms with van der Waals surface area (Å²) in [5.41, 5.74) is 0.871. The van der Waals surface area contributed by atoms with Crippen LogP contribution in [0.4, 0.5) is 10.5 Å². The van der Waals surface area contributed by atoms with Gasteiger partial charge in [0, 0.05) is 20.1 Å². The number of nitrogens with one attached hydrogen (secondary N) is 1. The van der Waals surface area contributed by atoms with Gasteiger partial charge >= 0.3 is 6.03 Å². The molecule has 1 saturated heterocycles. The predicted octanol–water partition coefficient (Wildman–Crippen LogP) is 0.864. The van der Waals surface area contributed by atoms with Crippen LogP contribution in [-0.4, -0.2) is 48.4 Å². The van der Waals surface area contributed by atoms with Crippen molar-refractivity contribution in [3.8, 4) is 6.07 Å². The second-order valence-corrected chi connectivity index (χ2v) is 4.33. The van der Waals surface area contributed by atoms with Crippen molar-refractivity contribution in [1.29, 1.82) is 5.26 Å². The third-order valence-electron chi connectivity index (χ3n) is 2.96. The number of rotatable bonds is 3. The Morgan fingerprint density at radius 2 is 2.16 bits per heavy atom. The summed E-state index contributed by atoms with van der Waals surface area (Å²) < 4.78 is 0. The maximum Gasteiger partial charge on any atom is 0.320 e. The van der Waals surface area contributed by atoms with Gasteiger partial charge in [0.2, 0.25) is 5.91 Å². The summed E-state index contributed by atoms with van der Waals surface area (Å²) in [6.07, 6.45) is 0. The molecule has 1 aromatic rings. The minimum atomic E-state index is -0.300. The Bertz CT molecular complexity index is 550. The van der Waals surface area contributed by atoms with Gasteiger partial charge in [-0.3, -0.25) is 4.79 Å². The minimum absolute atomic E-state index is 0.00291. The van der Waals surface area contributed by atoms with Crippen molar-refractivity contribution in [1.82, 2.24) is 9.80 Å². The van der Waals surface area contributed by atoms with E-state index in [9.17, 15) is 9.59 Å². The van der Waals surface area contributed by atoms with Crippen molar-refractivity contribution in [2.45, 2.75) is 0 Å². The molecule has 0 atom stereocenters. The van der Waals surface area contributed by atoms with E-state index in [-0.39, 0.29) is 18.5 Å². The van der Waals surface area contributed by atoms with E-state index in [0.29, 0.717) is 24.3 Å². The van der Waals surface area contributed by atoms with Gasteiger partial charge in [-0.1, -0.05) is 12.1 Å². The van der Waals surface area contributed by atoms with Crippen LogP contribution in [0.15, 0.2) is 24.3 Å². The first-order valence-corrected chi connectivity index (χ1v) is 5.91. The zero-order chi connectivity index (χ0) is 13.8. The van der Waals surface area contributed by atoms with Gasteiger partial charge < -0.3 is 15.1 Å². The molecule has 0 radical (unpaired) electrons. The molecule has 1 heterocycles. The highest BCUT2D eigenvalue weighted by atomic mass is 16.2. The molecule has 2 rings (SSSR count). The number of hydrogen-bond acceptors (Lipinski definition) is 3. The summed E-state index contributed by atoms with van der Waals surface area (Å²) in [5.74, 6) is -0.300. The van der Waals surface area contributed by atoms with Crippen molar-refractivity contribution in [3.05, 3.63) is 29.8 Å². The molecule has 0 unspecified atom stereocenters. The third-order valence-corrected chi connectivity index (χ3v) is 2.96. The van der Waals surface area contributed by atoms with Gasteiger partial charge in [0.15, 0.2) is 0 Å². The Morgan fingerprint density at radius 1 is 1.42 bits per heavy atom. The van der Waals surface area contributed by atoms with E-state index in [1.807, 2.05) is 6.07 Å². The van der Waals surface area contributed by atoms with Gasteiger partial charge in [0.1, 0.15) is 12.6 Å². The van der Waals surface area contributed by atoms with Crippen LogP contribution < -0.4 is 5.32 Å². The molecule has 98 valence electrons. The quantitative estimate of drug-likeness (QED) is 0.873. The topological polar surface area (TPSA) is 76.4 Å². The second kappa shape index (κ2) is 5.40. The first-order chi connectivity index (χ1) is 9.11. The van der Waals surface area contributed by atoms with Gasteiger partial charge in [-0.2, -0.15) is 5.26 Å². The molecule has 3 amide bonds. The maximum absolute atomic E-state index is 11.9. The van der Waals surface area contributed by atoms with Crippen LogP contribution in [0, 0.1) is 11.3 Å². The normalized spacial score (nSPS) is 14.4. The number of benzene rings is 1. The van der Waals surface area contributed by atoms with Gasteiger partial charge in [-0.25, -0.2) is 4.79 Å². The number of nitrogens with zero attached hydrogens (tertiary/aromatic N) is 3. The number of anilines is 1. The summed E-state index contributed by atoms with van der Waals surface area (Å²) in [6, 6.07) is 8.62. The molecule has 19 heavy (non-hydrogen) atoms. The Hall–Kier alpha value is -2.55. The van der Waals surface area contributed by atoms with Gasteiger partial charge in [-0.05, 0) is 12.1 Å².